The van der Waals surface area contributed by atoms with Crippen LogP contribution >= 0.6 is 0 Å². The third kappa shape index (κ3) is 5.58. The number of hydrogen-bond donors (Lipinski definition) is 1. The Morgan fingerprint density at radius 2 is 1.93 bits per heavy atom. The Labute approximate surface area is 86.5 Å². The first-order valence-electron chi connectivity index (χ1n) is 5.40. The summed E-state index contributed by atoms with van der Waals surface area (Å²) in [5, 5.41) is 11.1. The molecular formula is C11H20N2O. The van der Waals surface area contributed by atoms with Crippen molar-refractivity contribution in [2.45, 2.75) is 46.0 Å². The van der Waals surface area contributed by atoms with Gasteiger partial charge < -0.3 is 5.32 Å². The Morgan fingerprint density at radius 1 is 1.36 bits per heavy atom. The van der Waals surface area contributed by atoms with Crippen LogP contribution in [-0.4, -0.2) is 12.5 Å². The molecule has 0 atom stereocenters. The maximum Gasteiger partial charge on any atom is 0.223 e. The van der Waals surface area contributed by atoms with Gasteiger partial charge in [-0.1, -0.05) is 26.7 Å². The molecule has 0 fully saturated rings. The number of amides is 1. The van der Waals surface area contributed by atoms with Gasteiger partial charge in [-0.05, 0) is 12.8 Å². The molecule has 0 unspecified atom stereocenters. The summed E-state index contributed by atoms with van der Waals surface area (Å²) in [6, 6.07) is 2.01. The largest absolute Gasteiger partial charge is 0.355 e. The van der Waals surface area contributed by atoms with Crippen LogP contribution in [0.2, 0.25) is 0 Å². The van der Waals surface area contributed by atoms with Gasteiger partial charge in [-0.25, -0.2) is 0 Å². The molecule has 0 aromatic carbocycles. The molecule has 0 rings (SSSR count). The fraction of sp³-hybridized carbons (Fsp3) is 0.818. The first-order valence-corrected chi connectivity index (χ1v) is 5.40. The number of carbonyl (C=O) groups excluding carboxylic acids is 1. The van der Waals surface area contributed by atoms with Crippen LogP contribution in [0.25, 0.3) is 0 Å². The van der Waals surface area contributed by atoms with Crippen molar-refractivity contribution in [1.29, 1.82) is 5.26 Å². The number of rotatable bonds is 7. The van der Waals surface area contributed by atoms with Crippen LogP contribution in [0.4, 0.5) is 0 Å². The SMILES string of the molecule is CCCC(CCC)C(=O)NCCC#N. The topological polar surface area (TPSA) is 52.9 Å². The third-order valence-corrected chi connectivity index (χ3v) is 2.18. The van der Waals surface area contributed by atoms with Crippen molar-refractivity contribution in [3.05, 3.63) is 0 Å². The summed E-state index contributed by atoms with van der Waals surface area (Å²) in [5.74, 6) is 0.257. The molecule has 0 radical (unpaired) electrons. The van der Waals surface area contributed by atoms with Gasteiger partial charge in [0, 0.05) is 12.5 Å². The maximum atomic E-state index is 11.6. The van der Waals surface area contributed by atoms with Crippen molar-refractivity contribution in [2.24, 2.45) is 5.92 Å². The summed E-state index contributed by atoms with van der Waals surface area (Å²) in [4.78, 5) is 11.6. The molecule has 0 bridgehead atoms. The smallest absolute Gasteiger partial charge is 0.223 e. The van der Waals surface area contributed by atoms with Gasteiger partial charge in [0.15, 0.2) is 0 Å². The van der Waals surface area contributed by atoms with Crippen molar-refractivity contribution in [1.82, 2.24) is 5.32 Å². The lowest BCUT2D eigenvalue weighted by Crippen LogP contribution is -2.31. The van der Waals surface area contributed by atoms with E-state index in [1.54, 1.807) is 0 Å². The summed E-state index contributed by atoms with van der Waals surface area (Å²) in [7, 11) is 0. The average molecular weight is 196 g/mol. The average Bonchev–Trinajstić information content (AvgIpc) is 2.18. The van der Waals surface area contributed by atoms with E-state index in [2.05, 4.69) is 19.2 Å². The predicted molar refractivity (Wildman–Crippen MR) is 56.5 cm³/mol. The molecule has 0 aromatic rings. The van der Waals surface area contributed by atoms with E-state index in [4.69, 9.17) is 5.26 Å². The van der Waals surface area contributed by atoms with Crippen molar-refractivity contribution in [2.75, 3.05) is 6.54 Å². The van der Waals surface area contributed by atoms with E-state index in [1.807, 2.05) is 6.07 Å². The summed E-state index contributed by atoms with van der Waals surface area (Å²) >= 11 is 0. The van der Waals surface area contributed by atoms with Gasteiger partial charge in [0.25, 0.3) is 0 Å². The van der Waals surface area contributed by atoms with Crippen molar-refractivity contribution in [3.8, 4) is 6.07 Å². The second kappa shape index (κ2) is 8.55. The molecule has 0 aromatic heterocycles. The lowest BCUT2D eigenvalue weighted by Gasteiger charge is -2.14. The molecule has 0 spiro atoms. The van der Waals surface area contributed by atoms with E-state index >= 15 is 0 Å². The molecule has 0 aliphatic carbocycles. The highest BCUT2D eigenvalue weighted by molar-refractivity contribution is 5.78. The van der Waals surface area contributed by atoms with Gasteiger partial charge in [-0.2, -0.15) is 5.26 Å². The number of nitriles is 1. The lowest BCUT2D eigenvalue weighted by atomic mass is 9.97. The Kier molecular flexibility index (Phi) is 7.92. The zero-order chi connectivity index (χ0) is 10.8. The highest BCUT2D eigenvalue weighted by atomic mass is 16.1. The fourth-order valence-electron chi connectivity index (χ4n) is 1.49. The van der Waals surface area contributed by atoms with Gasteiger partial charge in [0.2, 0.25) is 5.91 Å². The normalized spacial score (nSPS) is 9.86. The Morgan fingerprint density at radius 3 is 2.36 bits per heavy atom. The quantitative estimate of drug-likeness (QED) is 0.635. The van der Waals surface area contributed by atoms with Crippen molar-refractivity contribution in [3.63, 3.8) is 0 Å². The summed E-state index contributed by atoms with van der Waals surface area (Å²) in [5.41, 5.74) is 0. The molecule has 0 heterocycles. The van der Waals surface area contributed by atoms with Crippen LogP contribution in [0.3, 0.4) is 0 Å². The first-order chi connectivity index (χ1) is 6.76. The predicted octanol–water partition coefficient (Wildman–Crippen LogP) is 2.23. The molecular weight excluding hydrogens is 176 g/mol. The highest BCUT2D eigenvalue weighted by Crippen LogP contribution is 2.13. The molecule has 1 amide bonds. The number of nitrogens with zero attached hydrogens (tertiary/aromatic N) is 1. The zero-order valence-electron chi connectivity index (χ0n) is 9.18. The Bertz CT molecular complexity index is 190. The second-order valence-electron chi connectivity index (χ2n) is 3.47. The third-order valence-electron chi connectivity index (χ3n) is 2.18. The molecule has 0 saturated heterocycles. The van der Waals surface area contributed by atoms with Crippen molar-refractivity contribution < 1.29 is 4.79 Å². The summed E-state index contributed by atoms with van der Waals surface area (Å²) in [6.45, 7) is 4.66. The molecule has 1 N–H and O–H groups in total. The molecule has 3 nitrogen and oxygen atoms in total. The highest BCUT2D eigenvalue weighted by Gasteiger charge is 2.15. The number of carbonyl (C=O) groups is 1. The van der Waals surface area contributed by atoms with Gasteiger partial charge in [0.1, 0.15) is 0 Å². The van der Waals surface area contributed by atoms with Crippen LogP contribution in [-0.2, 0) is 4.79 Å². The second-order valence-corrected chi connectivity index (χ2v) is 3.47. The number of nitrogens with one attached hydrogen (secondary N) is 1. The molecule has 0 saturated carbocycles. The van der Waals surface area contributed by atoms with Crippen LogP contribution in [0.1, 0.15) is 46.0 Å². The fourth-order valence-corrected chi connectivity index (χ4v) is 1.49. The van der Waals surface area contributed by atoms with Crippen LogP contribution in [0.5, 0.6) is 0 Å². The lowest BCUT2D eigenvalue weighted by molar-refractivity contribution is -0.125. The minimum atomic E-state index is 0.115. The minimum Gasteiger partial charge on any atom is -0.355 e. The first kappa shape index (κ1) is 13.0. The van der Waals surface area contributed by atoms with Gasteiger partial charge in [-0.15, -0.1) is 0 Å². The van der Waals surface area contributed by atoms with Crippen LogP contribution in [0.15, 0.2) is 0 Å². The summed E-state index contributed by atoms with van der Waals surface area (Å²) in [6.07, 6.45) is 4.38. The van der Waals surface area contributed by atoms with Crippen LogP contribution in [0, 0.1) is 17.2 Å². The van der Waals surface area contributed by atoms with E-state index in [1.165, 1.54) is 0 Å². The van der Waals surface area contributed by atoms with E-state index < -0.39 is 0 Å². The zero-order valence-corrected chi connectivity index (χ0v) is 9.18. The molecule has 14 heavy (non-hydrogen) atoms. The van der Waals surface area contributed by atoms with Crippen LogP contribution < -0.4 is 5.32 Å². The maximum absolute atomic E-state index is 11.6. The van der Waals surface area contributed by atoms with E-state index in [-0.39, 0.29) is 11.8 Å². The van der Waals surface area contributed by atoms with Gasteiger partial charge in [0.05, 0.1) is 12.5 Å². The minimum absolute atomic E-state index is 0.115. The van der Waals surface area contributed by atoms with Gasteiger partial charge in [-0.3, -0.25) is 4.79 Å². The molecule has 0 aliphatic heterocycles. The standard InChI is InChI=1S/C11H20N2O/c1-3-6-10(7-4-2)11(14)13-9-5-8-12/h10H,3-7,9H2,1-2H3,(H,13,14). The van der Waals surface area contributed by atoms with E-state index in [0.717, 1.165) is 25.7 Å². The molecule has 0 aliphatic rings. The Balaban J connectivity index is 3.83. The Hall–Kier alpha value is -1.04. The number of hydrogen-bond acceptors (Lipinski definition) is 2. The summed E-state index contributed by atoms with van der Waals surface area (Å²) < 4.78 is 0. The van der Waals surface area contributed by atoms with E-state index in [0.29, 0.717) is 13.0 Å². The molecule has 80 valence electrons. The van der Waals surface area contributed by atoms with Crippen molar-refractivity contribution >= 4 is 5.91 Å². The van der Waals surface area contributed by atoms with Gasteiger partial charge >= 0.3 is 0 Å². The monoisotopic (exact) mass is 196 g/mol. The molecule has 3 heteroatoms. The van der Waals surface area contributed by atoms with E-state index in [9.17, 15) is 4.79 Å².